The summed E-state index contributed by atoms with van der Waals surface area (Å²) in [6, 6.07) is 0. The molecule has 0 saturated heterocycles. The Labute approximate surface area is 73.7 Å². The fourth-order valence-corrected chi connectivity index (χ4v) is 0.923. The van der Waals surface area contributed by atoms with E-state index in [2.05, 4.69) is 0 Å². The van der Waals surface area contributed by atoms with Gasteiger partial charge in [0, 0.05) is 0 Å². The van der Waals surface area contributed by atoms with Crippen LogP contribution in [0.15, 0.2) is 0 Å². The van der Waals surface area contributed by atoms with Gasteiger partial charge >= 0.3 is 72.7 Å². The van der Waals surface area contributed by atoms with Crippen molar-refractivity contribution in [3.63, 3.8) is 0 Å². The molecule has 0 saturated carbocycles. The van der Waals surface area contributed by atoms with Gasteiger partial charge in [0.25, 0.3) is 0 Å². The Bertz CT molecular complexity index is 308. The summed E-state index contributed by atoms with van der Waals surface area (Å²) in [6.45, 7) is 0. The van der Waals surface area contributed by atoms with Crippen LogP contribution in [0, 0.1) is 11.5 Å². The molecule has 2 atom stereocenters. The zero-order valence-electron chi connectivity index (χ0n) is 6.31. The third-order valence-electron chi connectivity index (χ3n) is 1.22. The fourth-order valence-electron chi connectivity index (χ4n) is 0.580. The van der Waals surface area contributed by atoms with Crippen LogP contribution < -0.4 is 0 Å². The van der Waals surface area contributed by atoms with Gasteiger partial charge in [-0.05, 0) is 0 Å². The number of carbonyl (C=O) groups is 2. The maximum absolute atomic E-state index is 12.5. The Kier molecular flexibility index (Phi) is 5.04. The van der Waals surface area contributed by atoms with Crippen LogP contribution in [-0.4, -0.2) is 28.3 Å². The normalized spacial score (nSPS) is 13.9. The van der Waals surface area contributed by atoms with E-state index >= 15 is 0 Å². The number of rotatable bonds is 4. The van der Waals surface area contributed by atoms with E-state index in [-0.39, 0.29) is 0 Å². The standard InChI is InChI=1S/C6H6FO5P/c7-4(6(10)11)1-3(2-13-12)5(8)9/h3-4H,1H2,(H,8,9)(H,10,11)/t3-,4+/m0/s1. The third-order valence-corrected chi connectivity index (χ3v) is 1.63. The van der Waals surface area contributed by atoms with Crippen LogP contribution in [0.3, 0.4) is 0 Å². The van der Waals surface area contributed by atoms with Crippen LogP contribution in [0.2, 0.25) is 0 Å². The number of hydrogen-bond acceptors (Lipinski definition) is 3. The molecule has 2 N–H and O–H groups in total. The summed E-state index contributed by atoms with van der Waals surface area (Å²) < 4.78 is 22.4. The van der Waals surface area contributed by atoms with Gasteiger partial charge in [0.2, 0.25) is 0 Å². The van der Waals surface area contributed by atoms with E-state index in [1.807, 2.05) is 5.63 Å². The molecule has 0 unspecified atom stereocenters. The van der Waals surface area contributed by atoms with Gasteiger partial charge in [0.1, 0.15) is 0 Å². The molecule has 7 heteroatoms. The Hall–Kier alpha value is -1.12. The summed E-state index contributed by atoms with van der Waals surface area (Å²) in [5.74, 6) is -4.66. The predicted molar refractivity (Wildman–Crippen MR) is 39.8 cm³/mol. The second kappa shape index (κ2) is 5.51. The molecule has 0 amide bonds. The zero-order valence-corrected chi connectivity index (χ0v) is 7.20. The first-order valence-electron chi connectivity index (χ1n) is 3.16. The quantitative estimate of drug-likeness (QED) is 0.665. The number of carboxylic acids is 2. The third kappa shape index (κ3) is 4.45. The van der Waals surface area contributed by atoms with Gasteiger partial charge in [-0.1, -0.05) is 0 Å². The molecule has 0 radical (unpaired) electrons. The first kappa shape index (κ1) is 11.9. The predicted octanol–water partition coefficient (Wildman–Crippen LogP) is 0.751. The molecule has 0 spiro atoms. The molecule has 0 aliphatic carbocycles. The topological polar surface area (TPSA) is 91.7 Å². The van der Waals surface area contributed by atoms with Crippen molar-refractivity contribution in [3.8, 4) is 5.63 Å². The summed E-state index contributed by atoms with van der Waals surface area (Å²) in [7, 11) is -0.683. The second-order valence-electron chi connectivity index (χ2n) is 2.15. The van der Waals surface area contributed by atoms with Crippen molar-refractivity contribution in [2.45, 2.75) is 12.6 Å². The molecule has 0 aliphatic heterocycles. The fraction of sp³-hybridized carbons (Fsp3) is 0.500. The molecule has 0 aliphatic rings. The van der Waals surface area contributed by atoms with Crippen LogP contribution >= 0.6 is 7.92 Å². The van der Waals surface area contributed by atoms with Crippen molar-refractivity contribution in [1.82, 2.24) is 0 Å². The van der Waals surface area contributed by atoms with Crippen molar-refractivity contribution >= 4 is 19.9 Å². The van der Waals surface area contributed by atoms with Crippen LogP contribution in [0.5, 0.6) is 0 Å². The van der Waals surface area contributed by atoms with Crippen molar-refractivity contribution in [2.24, 2.45) is 5.92 Å². The van der Waals surface area contributed by atoms with E-state index < -0.39 is 38.4 Å². The molecule has 0 aromatic heterocycles. The zero-order chi connectivity index (χ0) is 10.4. The first-order chi connectivity index (χ1) is 5.99. The van der Waals surface area contributed by atoms with Gasteiger partial charge in [-0.25, -0.2) is 0 Å². The summed E-state index contributed by atoms with van der Waals surface area (Å²) in [5.41, 5.74) is 1.88. The maximum atomic E-state index is 12.5. The van der Waals surface area contributed by atoms with E-state index in [1.165, 1.54) is 0 Å². The molecule has 0 fully saturated rings. The number of hydrogen-bond donors (Lipinski definition) is 2. The van der Waals surface area contributed by atoms with Crippen molar-refractivity contribution < 1.29 is 28.8 Å². The van der Waals surface area contributed by atoms with Crippen LogP contribution in [0.1, 0.15) is 6.42 Å². The number of halogens is 1. The molecular formula is C6H6FO5P. The van der Waals surface area contributed by atoms with E-state index in [0.29, 0.717) is 0 Å². The van der Waals surface area contributed by atoms with Crippen molar-refractivity contribution in [2.75, 3.05) is 0 Å². The van der Waals surface area contributed by atoms with Crippen molar-refractivity contribution in [1.29, 1.82) is 0 Å². The van der Waals surface area contributed by atoms with Gasteiger partial charge in [0.15, 0.2) is 0 Å². The van der Waals surface area contributed by atoms with E-state index in [0.717, 1.165) is 0 Å². The van der Waals surface area contributed by atoms with E-state index in [9.17, 15) is 18.5 Å². The van der Waals surface area contributed by atoms with Crippen LogP contribution in [0.4, 0.5) is 4.39 Å². The number of aliphatic carboxylic acids is 2. The summed E-state index contributed by atoms with van der Waals surface area (Å²) in [5, 5.41) is 16.5. The van der Waals surface area contributed by atoms with E-state index in [1.54, 1.807) is 0 Å². The van der Waals surface area contributed by atoms with Crippen LogP contribution in [-0.2, 0) is 14.2 Å². The minimum atomic E-state index is -2.28. The summed E-state index contributed by atoms with van der Waals surface area (Å²) in [4.78, 5) is 20.3. The monoisotopic (exact) mass is 208 g/mol. The Balaban J connectivity index is 4.41. The molecule has 5 nitrogen and oxygen atoms in total. The van der Waals surface area contributed by atoms with E-state index in [4.69, 9.17) is 10.2 Å². The molecule has 0 aromatic carbocycles. The van der Waals surface area contributed by atoms with Gasteiger partial charge in [-0.2, -0.15) is 0 Å². The first-order valence-corrected chi connectivity index (χ1v) is 3.97. The van der Waals surface area contributed by atoms with Gasteiger partial charge < -0.3 is 0 Å². The number of alkyl halides is 1. The average molecular weight is 208 g/mol. The molecule has 0 aromatic rings. The Morgan fingerprint density at radius 2 is 1.92 bits per heavy atom. The molecule has 0 heterocycles. The molecule has 0 bridgehead atoms. The molecule has 72 valence electrons. The number of carboxylic acid groups (broad SMARTS) is 2. The average Bonchev–Trinajstić information content (AvgIpc) is 2.03. The van der Waals surface area contributed by atoms with Crippen molar-refractivity contribution in [3.05, 3.63) is 0 Å². The summed E-state index contributed by atoms with van der Waals surface area (Å²) >= 11 is 0. The Morgan fingerprint density at radius 1 is 1.38 bits per heavy atom. The van der Waals surface area contributed by atoms with Crippen LogP contribution in [0.25, 0.3) is 0 Å². The summed E-state index contributed by atoms with van der Waals surface area (Å²) in [6.07, 6.45) is -3.05. The minimum absolute atomic E-state index is 0.683. The Morgan fingerprint density at radius 3 is 2.23 bits per heavy atom. The SMILES string of the molecule is O=P#C[C@H](C[C@@H](F)C(=O)O)C(=O)O. The second-order valence-corrected chi connectivity index (χ2v) is 2.59. The van der Waals surface area contributed by atoms with Gasteiger partial charge in [-0.3, -0.25) is 0 Å². The van der Waals surface area contributed by atoms with Gasteiger partial charge in [-0.15, -0.1) is 0 Å². The molecule has 13 heavy (non-hydrogen) atoms. The molecule has 0 rings (SSSR count). The van der Waals surface area contributed by atoms with Gasteiger partial charge in [0.05, 0.1) is 0 Å². The molecular weight excluding hydrogens is 202 g/mol.